The predicted molar refractivity (Wildman–Crippen MR) is 58.1 cm³/mol. The van der Waals surface area contributed by atoms with E-state index < -0.39 is 0 Å². The topological polar surface area (TPSA) is 34.9 Å². The molecule has 1 aromatic heterocycles. The Hall–Kier alpha value is -1.90. The van der Waals surface area contributed by atoms with Crippen molar-refractivity contribution >= 4 is 6.29 Å². The van der Waals surface area contributed by atoms with Crippen LogP contribution in [0.15, 0.2) is 36.5 Å². The van der Waals surface area contributed by atoms with Gasteiger partial charge in [-0.15, -0.1) is 0 Å². The van der Waals surface area contributed by atoms with Gasteiger partial charge in [-0.1, -0.05) is 17.7 Å². The van der Waals surface area contributed by atoms with Crippen LogP contribution in [0.1, 0.15) is 11.3 Å². The van der Waals surface area contributed by atoms with Crippen LogP contribution in [-0.2, 0) is 11.2 Å². The number of rotatable bonds is 3. The van der Waals surface area contributed by atoms with Crippen molar-refractivity contribution in [3.05, 3.63) is 47.8 Å². The Bertz CT molecular complexity index is 457. The first kappa shape index (κ1) is 9.65. The van der Waals surface area contributed by atoms with Gasteiger partial charge in [-0.3, -0.25) is 0 Å². The molecule has 0 amide bonds. The molecule has 1 heterocycles. The van der Waals surface area contributed by atoms with E-state index in [1.807, 2.05) is 43.5 Å². The molecule has 0 radical (unpaired) electrons. The number of aryl methyl sites for hydroxylation is 1. The standard InChI is InChI=1S/C12H12N2O/c1-10-2-4-12(5-3-10)14-8-6-11(13-14)7-9-15/h2-6,8-9H,7H2,1H3. The van der Waals surface area contributed by atoms with E-state index >= 15 is 0 Å². The second-order valence-corrected chi connectivity index (χ2v) is 3.46. The van der Waals surface area contributed by atoms with Crippen molar-refractivity contribution in [1.29, 1.82) is 0 Å². The molecular weight excluding hydrogens is 188 g/mol. The van der Waals surface area contributed by atoms with Gasteiger partial charge in [0.15, 0.2) is 0 Å². The molecule has 1 aromatic carbocycles. The first-order valence-corrected chi connectivity index (χ1v) is 4.85. The summed E-state index contributed by atoms with van der Waals surface area (Å²) in [4.78, 5) is 10.3. The van der Waals surface area contributed by atoms with Gasteiger partial charge < -0.3 is 4.79 Å². The lowest BCUT2D eigenvalue weighted by atomic mass is 10.2. The lowest BCUT2D eigenvalue weighted by Crippen LogP contribution is -1.96. The van der Waals surface area contributed by atoms with Crippen LogP contribution in [0.2, 0.25) is 0 Å². The number of hydrogen-bond donors (Lipinski definition) is 0. The summed E-state index contributed by atoms with van der Waals surface area (Å²) in [5, 5.41) is 4.29. The molecule has 0 N–H and O–H groups in total. The Labute approximate surface area is 88.4 Å². The minimum Gasteiger partial charge on any atom is -0.303 e. The third-order valence-electron chi connectivity index (χ3n) is 2.24. The molecule has 0 aliphatic heterocycles. The van der Waals surface area contributed by atoms with Crippen LogP contribution in [0.4, 0.5) is 0 Å². The van der Waals surface area contributed by atoms with E-state index in [1.165, 1.54) is 5.56 Å². The van der Waals surface area contributed by atoms with Gasteiger partial charge in [-0.2, -0.15) is 5.10 Å². The molecule has 0 unspecified atom stereocenters. The lowest BCUT2D eigenvalue weighted by molar-refractivity contribution is -0.107. The third-order valence-corrected chi connectivity index (χ3v) is 2.24. The van der Waals surface area contributed by atoms with E-state index in [0.717, 1.165) is 17.7 Å². The highest BCUT2D eigenvalue weighted by Gasteiger charge is 1.99. The average molecular weight is 200 g/mol. The highest BCUT2D eigenvalue weighted by atomic mass is 16.1. The molecule has 3 nitrogen and oxygen atoms in total. The van der Waals surface area contributed by atoms with E-state index in [2.05, 4.69) is 5.10 Å². The summed E-state index contributed by atoms with van der Waals surface area (Å²) in [7, 11) is 0. The first-order chi connectivity index (χ1) is 7.29. The van der Waals surface area contributed by atoms with Crippen LogP contribution >= 0.6 is 0 Å². The van der Waals surface area contributed by atoms with Gasteiger partial charge in [0.05, 0.1) is 11.4 Å². The maximum atomic E-state index is 10.3. The zero-order valence-electron chi connectivity index (χ0n) is 8.55. The van der Waals surface area contributed by atoms with Crippen LogP contribution < -0.4 is 0 Å². The van der Waals surface area contributed by atoms with Gasteiger partial charge in [0.1, 0.15) is 6.29 Å². The zero-order chi connectivity index (χ0) is 10.7. The second-order valence-electron chi connectivity index (χ2n) is 3.46. The number of aldehydes is 1. The fourth-order valence-electron chi connectivity index (χ4n) is 1.40. The number of hydrogen-bond acceptors (Lipinski definition) is 2. The SMILES string of the molecule is Cc1ccc(-n2ccc(CC=O)n2)cc1. The molecule has 0 bridgehead atoms. The molecular formula is C12H12N2O. The summed E-state index contributed by atoms with van der Waals surface area (Å²) >= 11 is 0. The number of carbonyl (C=O) groups excluding carboxylic acids is 1. The van der Waals surface area contributed by atoms with Gasteiger partial charge >= 0.3 is 0 Å². The van der Waals surface area contributed by atoms with Crippen LogP contribution in [0.3, 0.4) is 0 Å². The molecule has 2 rings (SSSR count). The van der Waals surface area contributed by atoms with Crippen molar-refractivity contribution in [1.82, 2.24) is 9.78 Å². The summed E-state index contributed by atoms with van der Waals surface area (Å²) in [6.07, 6.45) is 3.10. The number of aromatic nitrogens is 2. The van der Waals surface area contributed by atoms with Crippen molar-refractivity contribution < 1.29 is 4.79 Å². The van der Waals surface area contributed by atoms with Crippen molar-refractivity contribution in [2.75, 3.05) is 0 Å². The molecule has 0 aliphatic rings. The molecule has 3 heteroatoms. The molecule has 0 saturated carbocycles. The summed E-state index contributed by atoms with van der Waals surface area (Å²) < 4.78 is 1.78. The highest BCUT2D eigenvalue weighted by molar-refractivity contribution is 5.53. The van der Waals surface area contributed by atoms with Crippen LogP contribution in [0, 0.1) is 6.92 Å². The van der Waals surface area contributed by atoms with Gasteiger partial charge in [0.2, 0.25) is 0 Å². The van der Waals surface area contributed by atoms with Gasteiger partial charge in [0.25, 0.3) is 0 Å². The molecule has 0 atom stereocenters. The predicted octanol–water partition coefficient (Wildman–Crippen LogP) is 1.92. The fourth-order valence-corrected chi connectivity index (χ4v) is 1.40. The molecule has 0 spiro atoms. The summed E-state index contributed by atoms with van der Waals surface area (Å²) in [5.74, 6) is 0. The Morgan fingerprint density at radius 2 is 2.00 bits per heavy atom. The minimum atomic E-state index is 0.374. The molecule has 2 aromatic rings. The Kier molecular flexibility index (Phi) is 2.63. The van der Waals surface area contributed by atoms with E-state index in [-0.39, 0.29) is 0 Å². The maximum Gasteiger partial charge on any atom is 0.126 e. The van der Waals surface area contributed by atoms with Crippen LogP contribution in [0.25, 0.3) is 5.69 Å². The first-order valence-electron chi connectivity index (χ1n) is 4.85. The smallest absolute Gasteiger partial charge is 0.126 e. The minimum absolute atomic E-state index is 0.374. The summed E-state index contributed by atoms with van der Waals surface area (Å²) in [6, 6.07) is 9.95. The molecule has 0 saturated heterocycles. The Morgan fingerprint density at radius 3 is 2.67 bits per heavy atom. The number of carbonyl (C=O) groups is 1. The van der Waals surface area contributed by atoms with Crippen LogP contribution in [-0.4, -0.2) is 16.1 Å². The largest absolute Gasteiger partial charge is 0.303 e. The number of nitrogens with zero attached hydrogens (tertiary/aromatic N) is 2. The van der Waals surface area contributed by atoms with Gasteiger partial charge in [-0.05, 0) is 25.1 Å². The molecule has 0 fully saturated rings. The van der Waals surface area contributed by atoms with Crippen LogP contribution in [0.5, 0.6) is 0 Å². The fraction of sp³-hybridized carbons (Fsp3) is 0.167. The van der Waals surface area contributed by atoms with E-state index in [9.17, 15) is 4.79 Å². The summed E-state index contributed by atoms with van der Waals surface area (Å²) in [5.41, 5.74) is 3.03. The zero-order valence-corrected chi connectivity index (χ0v) is 8.55. The Morgan fingerprint density at radius 1 is 1.27 bits per heavy atom. The maximum absolute atomic E-state index is 10.3. The van der Waals surface area contributed by atoms with E-state index in [4.69, 9.17) is 0 Å². The van der Waals surface area contributed by atoms with Gasteiger partial charge in [-0.25, -0.2) is 4.68 Å². The lowest BCUT2D eigenvalue weighted by Gasteiger charge is -2.00. The summed E-state index contributed by atoms with van der Waals surface area (Å²) in [6.45, 7) is 2.05. The van der Waals surface area contributed by atoms with Crippen molar-refractivity contribution in [2.24, 2.45) is 0 Å². The van der Waals surface area contributed by atoms with Crippen molar-refractivity contribution in [3.63, 3.8) is 0 Å². The average Bonchev–Trinajstić information content (AvgIpc) is 2.68. The normalized spacial score (nSPS) is 10.2. The van der Waals surface area contributed by atoms with Crippen molar-refractivity contribution in [2.45, 2.75) is 13.3 Å². The second kappa shape index (κ2) is 4.09. The van der Waals surface area contributed by atoms with E-state index in [1.54, 1.807) is 4.68 Å². The quantitative estimate of drug-likeness (QED) is 0.709. The highest BCUT2D eigenvalue weighted by Crippen LogP contribution is 2.08. The van der Waals surface area contributed by atoms with E-state index in [0.29, 0.717) is 6.42 Å². The molecule has 76 valence electrons. The monoisotopic (exact) mass is 200 g/mol. The Balaban J connectivity index is 2.28. The number of benzene rings is 1. The van der Waals surface area contributed by atoms with Crippen molar-refractivity contribution in [3.8, 4) is 5.69 Å². The molecule has 0 aliphatic carbocycles. The van der Waals surface area contributed by atoms with Gasteiger partial charge in [0, 0.05) is 12.6 Å². The molecule has 15 heavy (non-hydrogen) atoms. The third kappa shape index (κ3) is 2.13.